The number of carbonyl (C=O) groups is 1. The lowest BCUT2D eigenvalue weighted by molar-refractivity contribution is -0.121. The van der Waals surface area contributed by atoms with Gasteiger partial charge in [-0.2, -0.15) is 0 Å². The van der Waals surface area contributed by atoms with E-state index in [0.29, 0.717) is 13.0 Å². The summed E-state index contributed by atoms with van der Waals surface area (Å²) in [5.74, 6) is 1.04. The van der Waals surface area contributed by atoms with Gasteiger partial charge in [-0.05, 0) is 81.3 Å². The van der Waals surface area contributed by atoms with Gasteiger partial charge in [-0.15, -0.1) is 0 Å². The lowest BCUT2D eigenvalue weighted by Gasteiger charge is -2.11. The van der Waals surface area contributed by atoms with Crippen molar-refractivity contribution in [2.45, 2.75) is 59.5 Å². The van der Waals surface area contributed by atoms with Crippen LogP contribution in [0.3, 0.4) is 0 Å². The van der Waals surface area contributed by atoms with Crippen LogP contribution in [0.2, 0.25) is 0 Å². The lowest BCUT2D eigenvalue weighted by atomic mass is 10.0. The summed E-state index contributed by atoms with van der Waals surface area (Å²) in [6.07, 6.45) is 3.39. The largest absolute Gasteiger partial charge is 0.491 e. The predicted molar refractivity (Wildman–Crippen MR) is 108 cm³/mol. The molecule has 0 atom stereocenters. The van der Waals surface area contributed by atoms with E-state index in [-0.39, 0.29) is 12.0 Å². The van der Waals surface area contributed by atoms with Gasteiger partial charge in [-0.25, -0.2) is 0 Å². The molecule has 0 aliphatic heterocycles. The van der Waals surface area contributed by atoms with Crippen LogP contribution >= 0.6 is 0 Å². The molecule has 0 fully saturated rings. The Morgan fingerprint density at radius 3 is 2.50 bits per heavy atom. The van der Waals surface area contributed by atoms with Gasteiger partial charge in [-0.3, -0.25) is 4.79 Å². The SMILES string of the molecule is Cc1ccc(CCC(=O)NCCCc2cccc(OC(C)C)c2)cc1C. The van der Waals surface area contributed by atoms with Gasteiger partial charge in [0.1, 0.15) is 5.75 Å². The summed E-state index contributed by atoms with van der Waals surface area (Å²) in [5.41, 5.74) is 5.05. The molecule has 3 nitrogen and oxygen atoms in total. The highest BCUT2D eigenvalue weighted by Crippen LogP contribution is 2.16. The van der Waals surface area contributed by atoms with Crippen LogP contribution in [-0.2, 0) is 17.6 Å². The van der Waals surface area contributed by atoms with Crippen LogP contribution in [0.1, 0.15) is 48.9 Å². The maximum Gasteiger partial charge on any atom is 0.220 e. The van der Waals surface area contributed by atoms with Crippen molar-refractivity contribution >= 4 is 5.91 Å². The lowest BCUT2D eigenvalue weighted by Crippen LogP contribution is -2.25. The molecular weight excluding hydrogens is 322 g/mol. The smallest absolute Gasteiger partial charge is 0.220 e. The summed E-state index contributed by atoms with van der Waals surface area (Å²) < 4.78 is 5.72. The zero-order chi connectivity index (χ0) is 18.9. The van der Waals surface area contributed by atoms with Crippen molar-refractivity contribution in [3.8, 4) is 5.75 Å². The maximum atomic E-state index is 12.0. The second-order valence-corrected chi connectivity index (χ2v) is 7.19. The van der Waals surface area contributed by atoms with Crippen LogP contribution in [0.5, 0.6) is 5.75 Å². The van der Waals surface area contributed by atoms with Gasteiger partial charge in [0.05, 0.1) is 6.10 Å². The summed E-state index contributed by atoms with van der Waals surface area (Å²) in [5, 5.41) is 3.03. The van der Waals surface area contributed by atoms with Crippen LogP contribution in [0.4, 0.5) is 0 Å². The molecule has 0 bridgehead atoms. The fraction of sp³-hybridized carbons (Fsp3) is 0.435. The molecule has 0 radical (unpaired) electrons. The number of carbonyl (C=O) groups excluding carboxylic acids is 1. The Balaban J connectivity index is 1.67. The third kappa shape index (κ3) is 6.91. The van der Waals surface area contributed by atoms with Crippen molar-refractivity contribution in [2.75, 3.05) is 6.54 Å². The maximum absolute atomic E-state index is 12.0. The Morgan fingerprint density at radius 1 is 1.00 bits per heavy atom. The first kappa shape index (κ1) is 20.0. The quantitative estimate of drug-likeness (QED) is 0.659. The molecule has 2 aromatic carbocycles. The molecule has 0 aliphatic carbocycles. The van der Waals surface area contributed by atoms with Crippen molar-refractivity contribution in [2.24, 2.45) is 0 Å². The zero-order valence-electron chi connectivity index (χ0n) is 16.5. The number of benzene rings is 2. The van der Waals surface area contributed by atoms with Crippen molar-refractivity contribution in [1.82, 2.24) is 5.32 Å². The van der Waals surface area contributed by atoms with E-state index in [9.17, 15) is 4.79 Å². The fourth-order valence-corrected chi connectivity index (χ4v) is 2.87. The van der Waals surface area contributed by atoms with Crippen molar-refractivity contribution in [3.63, 3.8) is 0 Å². The molecule has 3 heteroatoms. The van der Waals surface area contributed by atoms with Crippen LogP contribution in [0, 0.1) is 13.8 Å². The normalized spacial score (nSPS) is 10.8. The topological polar surface area (TPSA) is 38.3 Å². The van der Waals surface area contributed by atoms with Gasteiger partial charge >= 0.3 is 0 Å². The Morgan fingerprint density at radius 2 is 1.77 bits per heavy atom. The van der Waals surface area contributed by atoms with Gasteiger partial charge in [0, 0.05) is 13.0 Å². The first-order valence-corrected chi connectivity index (χ1v) is 9.52. The highest BCUT2D eigenvalue weighted by molar-refractivity contribution is 5.76. The molecule has 0 spiro atoms. The molecule has 0 unspecified atom stereocenters. The fourth-order valence-electron chi connectivity index (χ4n) is 2.87. The number of ether oxygens (including phenoxy) is 1. The van der Waals surface area contributed by atoms with Crippen LogP contribution in [0.15, 0.2) is 42.5 Å². The first-order valence-electron chi connectivity index (χ1n) is 9.52. The molecule has 0 heterocycles. The number of nitrogens with one attached hydrogen (secondary N) is 1. The van der Waals surface area contributed by atoms with E-state index in [4.69, 9.17) is 4.74 Å². The molecule has 1 amide bonds. The highest BCUT2D eigenvalue weighted by atomic mass is 16.5. The highest BCUT2D eigenvalue weighted by Gasteiger charge is 2.04. The molecule has 2 aromatic rings. The Kier molecular flexibility index (Phi) is 7.71. The number of hydrogen-bond acceptors (Lipinski definition) is 2. The van der Waals surface area contributed by atoms with E-state index in [1.54, 1.807) is 0 Å². The third-order valence-electron chi connectivity index (χ3n) is 4.45. The molecule has 0 saturated carbocycles. The van der Waals surface area contributed by atoms with Gasteiger partial charge < -0.3 is 10.1 Å². The average molecular weight is 354 g/mol. The van der Waals surface area contributed by atoms with Gasteiger partial charge in [0.2, 0.25) is 5.91 Å². The molecule has 26 heavy (non-hydrogen) atoms. The van der Waals surface area contributed by atoms with Gasteiger partial charge in [0.15, 0.2) is 0 Å². The summed E-state index contributed by atoms with van der Waals surface area (Å²) in [6, 6.07) is 14.6. The zero-order valence-corrected chi connectivity index (χ0v) is 16.5. The third-order valence-corrected chi connectivity index (χ3v) is 4.45. The number of rotatable bonds is 9. The molecule has 0 saturated heterocycles. The van der Waals surface area contributed by atoms with Crippen LogP contribution in [-0.4, -0.2) is 18.6 Å². The number of amides is 1. The monoisotopic (exact) mass is 353 g/mol. The first-order chi connectivity index (χ1) is 12.4. The number of hydrogen-bond donors (Lipinski definition) is 1. The van der Waals surface area contributed by atoms with E-state index in [0.717, 1.165) is 25.0 Å². The van der Waals surface area contributed by atoms with E-state index < -0.39 is 0 Å². The summed E-state index contributed by atoms with van der Waals surface area (Å²) in [7, 11) is 0. The van der Waals surface area contributed by atoms with Crippen molar-refractivity contribution in [3.05, 3.63) is 64.7 Å². The van der Waals surface area contributed by atoms with Gasteiger partial charge in [0.25, 0.3) is 0 Å². The molecule has 0 aromatic heterocycles. The molecule has 1 N–H and O–H groups in total. The Bertz CT molecular complexity index is 722. The van der Waals surface area contributed by atoms with E-state index >= 15 is 0 Å². The number of aryl methyl sites for hydroxylation is 4. The standard InChI is InChI=1S/C23H31NO2/c1-17(2)26-22-9-5-7-20(16-22)8-6-14-24-23(25)13-12-21-11-10-18(3)19(4)15-21/h5,7,9-11,15-17H,6,8,12-14H2,1-4H3,(H,24,25). The second kappa shape index (κ2) is 10.0. The van der Waals surface area contributed by atoms with E-state index in [2.05, 4.69) is 49.5 Å². The Hall–Kier alpha value is -2.29. The van der Waals surface area contributed by atoms with E-state index in [1.807, 2.05) is 26.0 Å². The summed E-state index contributed by atoms with van der Waals surface area (Å²) >= 11 is 0. The van der Waals surface area contributed by atoms with E-state index in [1.165, 1.54) is 22.3 Å². The van der Waals surface area contributed by atoms with Crippen molar-refractivity contribution in [1.29, 1.82) is 0 Å². The minimum atomic E-state index is 0.125. The second-order valence-electron chi connectivity index (χ2n) is 7.19. The van der Waals surface area contributed by atoms with Crippen molar-refractivity contribution < 1.29 is 9.53 Å². The Labute approximate surface area is 157 Å². The van der Waals surface area contributed by atoms with Crippen LogP contribution < -0.4 is 10.1 Å². The molecule has 2 rings (SSSR count). The summed E-state index contributed by atoms with van der Waals surface area (Å²) in [6.45, 7) is 8.98. The van der Waals surface area contributed by atoms with Crippen LogP contribution in [0.25, 0.3) is 0 Å². The summed E-state index contributed by atoms with van der Waals surface area (Å²) in [4.78, 5) is 12.0. The van der Waals surface area contributed by atoms with Gasteiger partial charge in [-0.1, -0.05) is 30.3 Å². The predicted octanol–water partition coefficient (Wildman–Crippen LogP) is 4.77. The minimum Gasteiger partial charge on any atom is -0.491 e. The minimum absolute atomic E-state index is 0.125. The average Bonchev–Trinajstić information content (AvgIpc) is 2.59. The molecule has 0 aliphatic rings. The molecular formula is C23H31NO2. The molecule has 140 valence electrons.